The summed E-state index contributed by atoms with van der Waals surface area (Å²) in [6.07, 6.45) is 6.05. The number of rotatable bonds is 7. The first-order chi connectivity index (χ1) is 14.2. The molecule has 2 aromatic heterocycles. The van der Waals surface area contributed by atoms with Gasteiger partial charge in [0.25, 0.3) is 0 Å². The molecule has 0 unspecified atom stereocenters. The average molecular weight is 394 g/mol. The molecular formula is C22H26N4O3. The molecule has 0 saturated carbocycles. The molecule has 1 atom stereocenters. The number of benzene rings is 1. The molecule has 7 heteroatoms. The van der Waals surface area contributed by atoms with Crippen LogP contribution in [0.25, 0.3) is 11.3 Å². The number of nitrogens with one attached hydrogen (secondary N) is 1. The van der Waals surface area contributed by atoms with E-state index < -0.39 is 0 Å². The number of hydrogen-bond donors (Lipinski definition) is 1. The third-order valence-electron chi connectivity index (χ3n) is 5.44. The summed E-state index contributed by atoms with van der Waals surface area (Å²) in [7, 11) is 4.85. The number of aromatic nitrogens is 3. The number of nitrogens with zero attached hydrogens (tertiary/aromatic N) is 3. The molecule has 7 nitrogen and oxygen atoms in total. The number of methoxy groups -OCH3 is 3. The van der Waals surface area contributed by atoms with Crippen LogP contribution in [0.5, 0.6) is 17.2 Å². The molecule has 3 aromatic rings. The highest BCUT2D eigenvalue weighted by molar-refractivity contribution is 5.70. The van der Waals surface area contributed by atoms with Gasteiger partial charge in [0.2, 0.25) is 5.75 Å². The first-order valence-corrected chi connectivity index (χ1v) is 9.72. The minimum Gasteiger partial charge on any atom is -0.493 e. The quantitative estimate of drug-likeness (QED) is 0.657. The highest BCUT2D eigenvalue weighted by Crippen LogP contribution is 2.42. The second kappa shape index (κ2) is 8.53. The van der Waals surface area contributed by atoms with Crippen LogP contribution in [-0.4, -0.2) is 48.0 Å². The van der Waals surface area contributed by atoms with Crippen LogP contribution in [0.1, 0.15) is 30.1 Å². The molecule has 4 rings (SSSR count). The lowest BCUT2D eigenvalue weighted by molar-refractivity contribution is 0.245. The number of ether oxygens (including phenoxy) is 3. The van der Waals surface area contributed by atoms with Crippen molar-refractivity contribution in [1.29, 1.82) is 0 Å². The van der Waals surface area contributed by atoms with Gasteiger partial charge in [0.15, 0.2) is 11.5 Å². The van der Waals surface area contributed by atoms with Crippen molar-refractivity contribution in [3.8, 4) is 28.5 Å². The Morgan fingerprint density at radius 1 is 1.10 bits per heavy atom. The Balaban J connectivity index is 1.64. The van der Waals surface area contributed by atoms with E-state index in [0.29, 0.717) is 23.3 Å². The molecule has 1 aromatic carbocycles. The van der Waals surface area contributed by atoms with Crippen molar-refractivity contribution < 1.29 is 14.2 Å². The van der Waals surface area contributed by atoms with Crippen LogP contribution in [-0.2, 0) is 6.54 Å². The molecule has 3 heterocycles. The Labute approximate surface area is 170 Å². The minimum absolute atomic E-state index is 0.332. The monoisotopic (exact) mass is 394 g/mol. The molecule has 1 aliphatic rings. The van der Waals surface area contributed by atoms with E-state index in [0.717, 1.165) is 42.0 Å². The molecule has 0 aliphatic carbocycles. The van der Waals surface area contributed by atoms with Crippen molar-refractivity contribution in [2.75, 3.05) is 27.9 Å². The van der Waals surface area contributed by atoms with Gasteiger partial charge in [-0.15, -0.1) is 0 Å². The van der Waals surface area contributed by atoms with Crippen LogP contribution in [0, 0.1) is 0 Å². The van der Waals surface area contributed by atoms with Crippen LogP contribution in [0.2, 0.25) is 0 Å². The van der Waals surface area contributed by atoms with Crippen LogP contribution >= 0.6 is 0 Å². The lowest BCUT2D eigenvalue weighted by Gasteiger charge is -2.24. The smallest absolute Gasteiger partial charge is 0.203 e. The predicted octanol–water partition coefficient (Wildman–Crippen LogP) is 3.83. The fraction of sp³-hybridized carbons (Fsp3) is 0.364. The van der Waals surface area contributed by atoms with Crippen LogP contribution in [0.15, 0.2) is 42.7 Å². The molecule has 0 spiro atoms. The maximum Gasteiger partial charge on any atom is 0.203 e. The summed E-state index contributed by atoms with van der Waals surface area (Å²) in [5.41, 5.74) is 4.15. The van der Waals surface area contributed by atoms with Gasteiger partial charge in [-0.25, -0.2) is 0 Å². The number of hydrogen-bond acceptors (Lipinski definition) is 6. The van der Waals surface area contributed by atoms with Crippen molar-refractivity contribution in [3.05, 3.63) is 54.0 Å². The van der Waals surface area contributed by atoms with Crippen molar-refractivity contribution in [2.24, 2.45) is 0 Å². The maximum absolute atomic E-state index is 5.51. The van der Waals surface area contributed by atoms with Gasteiger partial charge < -0.3 is 14.2 Å². The topological polar surface area (TPSA) is 72.5 Å². The minimum atomic E-state index is 0.332. The Morgan fingerprint density at radius 3 is 2.55 bits per heavy atom. The Kier molecular flexibility index (Phi) is 5.67. The van der Waals surface area contributed by atoms with E-state index >= 15 is 0 Å². The Bertz CT molecular complexity index is 933. The molecule has 1 aliphatic heterocycles. The fourth-order valence-electron chi connectivity index (χ4n) is 4.05. The molecule has 0 amide bonds. The molecule has 29 heavy (non-hydrogen) atoms. The van der Waals surface area contributed by atoms with Crippen molar-refractivity contribution >= 4 is 0 Å². The fourth-order valence-corrected chi connectivity index (χ4v) is 4.05. The Hall–Kier alpha value is -3.06. The molecular weight excluding hydrogens is 368 g/mol. The van der Waals surface area contributed by atoms with Gasteiger partial charge in [0, 0.05) is 23.9 Å². The van der Waals surface area contributed by atoms with Crippen LogP contribution < -0.4 is 14.2 Å². The SMILES string of the molecule is COc1cc(-c2[nH]ncc2CN2CCC[C@H]2c2ccccn2)cc(OC)c1OC. The van der Waals surface area contributed by atoms with Gasteiger partial charge in [-0.2, -0.15) is 5.10 Å². The zero-order chi connectivity index (χ0) is 20.2. The van der Waals surface area contributed by atoms with Crippen LogP contribution in [0.4, 0.5) is 0 Å². The van der Waals surface area contributed by atoms with Gasteiger partial charge in [-0.3, -0.25) is 15.0 Å². The van der Waals surface area contributed by atoms with Gasteiger partial charge in [0.05, 0.1) is 45.0 Å². The normalized spacial score (nSPS) is 16.7. The zero-order valence-corrected chi connectivity index (χ0v) is 17.0. The van der Waals surface area contributed by atoms with E-state index in [4.69, 9.17) is 14.2 Å². The Morgan fingerprint density at radius 2 is 1.90 bits per heavy atom. The highest BCUT2D eigenvalue weighted by atomic mass is 16.5. The third kappa shape index (κ3) is 3.78. The van der Waals surface area contributed by atoms with E-state index in [1.165, 1.54) is 6.42 Å². The molecule has 0 radical (unpaired) electrons. The molecule has 1 saturated heterocycles. The summed E-state index contributed by atoms with van der Waals surface area (Å²) in [6, 6.07) is 10.3. The second-order valence-electron chi connectivity index (χ2n) is 7.07. The van der Waals surface area contributed by atoms with Crippen molar-refractivity contribution in [1.82, 2.24) is 20.1 Å². The predicted molar refractivity (Wildman–Crippen MR) is 110 cm³/mol. The van der Waals surface area contributed by atoms with E-state index in [-0.39, 0.29) is 0 Å². The average Bonchev–Trinajstić information content (AvgIpc) is 3.43. The summed E-state index contributed by atoms with van der Waals surface area (Å²) >= 11 is 0. The van der Waals surface area contributed by atoms with Gasteiger partial charge in [0.1, 0.15) is 0 Å². The summed E-state index contributed by atoms with van der Waals surface area (Å²) in [6.45, 7) is 1.84. The zero-order valence-electron chi connectivity index (χ0n) is 17.0. The lowest BCUT2D eigenvalue weighted by Crippen LogP contribution is -2.23. The summed E-state index contributed by atoms with van der Waals surface area (Å²) in [5.74, 6) is 1.82. The van der Waals surface area contributed by atoms with Gasteiger partial charge >= 0.3 is 0 Å². The molecule has 152 valence electrons. The summed E-state index contributed by atoms with van der Waals surface area (Å²) < 4.78 is 16.5. The highest BCUT2D eigenvalue weighted by Gasteiger charge is 2.28. The van der Waals surface area contributed by atoms with Crippen molar-refractivity contribution in [2.45, 2.75) is 25.4 Å². The summed E-state index contributed by atoms with van der Waals surface area (Å²) in [5, 5.41) is 7.46. The standard InChI is InChI=1S/C22H26N4O3/c1-27-19-11-15(12-20(28-2)22(19)29-3)21-16(13-24-25-21)14-26-10-6-8-18(26)17-7-4-5-9-23-17/h4-5,7,9,11-13,18H,6,8,10,14H2,1-3H3,(H,24,25)/t18-/m0/s1. The lowest BCUT2D eigenvalue weighted by atomic mass is 10.1. The summed E-state index contributed by atoms with van der Waals surface area (Å²) in [4.78, 5) is 7.04. The van der Waals surface area contributed by atoms with Gasteiger partial charge in [-0.1, -0.05) is 6.07 Å². The van der Waals surface area contributed by atoms with E-state index in [9.17, 15) is 0 Å². The van der Waals surface area contributed by atoms with Crippen molar-refractivity contribution in [3.63, 3.8) is 0 Å². The molecule has 1 fully saturated rings. The van der Waals surface area contributed by atoms with E-state index in [2.05, 4.69) is 32.2 Å². The molecule has 1 N–H and O–H groups in total. The largest absolute Gasteiger partial charge is 0.493 e. The number of pyridine rings is 1. The van der Waals surface area contributed by atoms with E-state index in [1.807, 2.05) is 30.6 Å². The van der Waals surface area contributed by atoms with E-state index in [1.54, 1.807) is 21.3 Å². The van der Waals surface area contributed by atoms with Gasteiger partial charge in [-0.05, 0) is 43.7 Å². The first kappa shape index (κ1) is 19.3. The maximum atomic E-state index is 5.51. The number of likely N-dealkylation sites (tertiary alicyclic amines) is 1. The molecule has 0 bridgehead atoms. The number of aromatic amines is 1. The number of H-pyrrole nitrogens is 1. The van der Waals surface area contributed by atoms with Crippen LogP contribution in [0.3, 0.4) is 0 Å². The third-order valence-corrected chi connectivity index (χ3v) is 5.44. The second-order valence-corrected chi connectivity index (χ2v) is 7.07. The first-order valence-electron chi connectivity index (χ1n) is 9.72.